The zero-order valence-electron chi connectivity index (χ0n) is 11.2. The van der Waals surface area contributed by atoms with E-state index in [1.807, 2.05) is 0 Å². The van der Waals surface area contributed by atoms with E-state index in [2.05, 4.69) is 19.9 Å². The highest BCUT2D eigenvalue weighted by molar-refractivity contribution is 6.00. The second kappa shape index (κ2) is 5.03. The summed E-state index contributed by atoms with van der Waals surface area (Å²) in [4.78, 5) is 11.8. The highest BCUT2D eigenvalue weighted by Gasteiger charge is 2.27. The van der Waals surface area contributed by atoms with E-state index in [9.17, 15) is 4.79 Å². The molecule has 17 heavy (non-hydrogen) atoms. The summed E-state index contributed by atoms with van der Waals surface area (Å²) in [6.45, 7) is 5.97. The van der Waals surface area contributed by atoms with Gasteiger partial charge in [0, 0.05) is 5.57 Å². The summed E-state index contributed by atoms with van der Waals surface area (Å²) in [5.41, 5.74) is 6.74. The fourth-order valence-corrected chi connectivity index (χ4v) is 2.99. The van der Waals surface area contributed by atoms with Crippen molar-refractivity contribution in [1.82, 2.24) is 0 Å². The van der Waals surface area contributed by atoms with Crippen molar-refractivity contribution in [3.8, 4) is 0 Å². The minimum absolute atomic E-state index is 0.272. The Hall–Kier alpha value is -1.11. The fraction of sp³-hybridized carbons (Fsp3) is 0.562. The maximum atomic E-state index is 11.8. The molecule has 0 aliphatic heterocycles. The Morgan fingerprint density at radius 3 is 2.53 bits per heavy atom. The van der Waals surface area contributed by atoms with E-state index in [0.717, 1.165) is 24.8 Å². The largest absolute Gasteiger partial charge is 0.295 e. The van der Waals surface area contributed by atoms with E-state index >= 15 is 0 Å². The maximum absolute atomic E-state index is 11.8. The molecule has 1 nitrogen and oxygen atoms in total. The molecule has 0 saturated heterocycles. The predicted octanol–water partition coefficient (Wildman–Crippen LogP) is 4.50. The van der Waals surface area contributed by atoms with Crippen LogP contribution >= 0.6 is 0 Å². The molecule has 0 spiro atoms. The zero-order chi connectivity index (χ0) is 12.4. The van der Waals surface area contributed by atoms with Gasteiger partial charge in [-0.1, -0.05) is 22.8 Å². The van der Waals surface area contributed by atoms with Gasteiger partial charge in [-0.15, -0.1) is 0 Å². The molecule has 0 aromatic rings. The second-order valence-electron chi connectivity index (χ2n) is 5.49. The van der Waals surface area contributed by atoms with Crippen LogP contribution in [0.3, 0.4) is 0 Å². The third kappa shape index (κ3) is 2.59. The molecule has 0 radical (unpaired) electrons. The van der Waals surface area contributed by atoms with Crippen LogP contribution in [0, 0.1) is 0 Å². The number of rotatable bonds is 3. The Balaban J connectivity index is 2.28. The van der Waals surface area contributed by atoms with Gasteiger partial charge in [0.05, 0.1) is 0 Å². The number of ketones is 1. The van der Waals surface area contributed by atoms with E-state index < -0.39 is 0 Å². The first-order valence-corrected chi connectivity index (χ1v) is 6.67. The van der Waals surface area contributed by atoms with Gasteiger partial charge in [0.15, 0.2) is 5.78 Å². The second-order valence-corrected chi connectivity index (χ2v) is 5.49. The average molecular weight is 230 g/mol. The first-order valence-electron chi connectivity index (χ1n) is 6.67. The maximum Gasteiger partial charge on any atom is 0.160 e. The monoisotopic (exact) mass is 230 g/mol. The Bertz CT molecular complexity index is 428. The van der Waals surface area contributed by atoms with Crippen molar-refractivity contribution in [2.24, 2.45) is 0 Å². The lowest BCUT2D eigenvalue weighted by Crippen LogP contribution is -2.03. The quantitative estimate of drug-likeness (QED) is 0.652. The number of hydrogen-bond donors (Lipinski definition) is 0. The minimum atomic E-state index is 0.272. The molecule has 0 atom stereocenters. The third-order valence-corrected chi connectivity index (χ3v) is 3.77. The van der Waals surface area contributed by atoms with E-state index in [1.54, 1.807) is 12.5 Å². The lowest BCUT2D eigenvalue weighted by Gasteiger charge is -2.15. The standard InChI is InChI=1S/C16H22O/c1-11(2)8-9-14-10-13-6-4-5-7-15(13)16(14)12(3)17/h8H,4-7,9-10H2,1-3H3. The zero-order valence-corrected chi connectivity index (χ0v) is 11.2. The number of allylic oxidation sites excluding steroid dienone is 6. The van der Waals surface area contributed by atoms with E-state index in [1.165, 1.54) is 36.0 Å². The number of carbonyl (C=O) groups excluding carboxylic acids is 1. The molecule has 2 aliphatic rings. The van der Waals surface area contributed by atoms with Gasteiger partial charge in [0.1, 0.15) is 0 Å². The van der Waals surface area contributed by atoms with Crippen molar-refractivity contribution in [2.75, 3.05) is 0 Å². The van der Waals surface area contributed by atoms with Gasteiger partial charge in [-0.25, -0.2) is 0 Å². The molecule has 0 aromatic heterocycles. The molecule has 0 fully saturated rings. The van der Waals surface area contributed by atoms with Crippen LogP contribution in [0.2, 0.25) is 0 Å². The fourth-order valence-electron chi connectivity index (χ4n) is 2.99. The van der Waals surface area contributed by atoms with Gasteiger partial charge in [0.25, 0.3) is 0 Å². The van der Waals surface area contributed by atoms with Crippen molar-refractivity contribution in [3.05, 3.63) is 33.9 Å². The molecule has 92 valence electrons. The van der Waals surface area contributed by atoms with Crippen LogP contribution < -0.4 is 0 Å². The first-order chi connectivity index (χ1) is 8.09. The molecule has 1 heteroatoms. The van der Waals surface area contributed by atoms with E-state index in [4.69, 9.17) is 0 Å². The van der Waals surface area contributed by atoms with Gasteiger partial charge in [-0.2, -0.15) is 0 Å². The van der Waals surface area contributed by atoms with Crippen LogP contribution in [-0.2, 0) is 4.79 Å². The molecule has 0 unspecified atom stereocenters. The third-order valence-electron chi connectivity index (χ3n) is 3.77. The molecule has 0 bridgehead atoms. The lowest BCUT2D eigenvalue weighted by molar-refractivity contribution is -0.113. The topological polar surface area (TPSA) is 17.1 Å². The minimum Gasteiger partial charge on any atom is -0.295 e. The summed E-state index contributed by atoms with van der Waals surface area (Å²) < 4.78 is 0. The predicted molar refractivity (Wildman–Crippen MR) is 71.9 cm³/mol. The van der Waals surface area contributed by atoms with Crippen LogP contribution in [0.15, 0.2) is 33.9 Å². The molecular weight excluding hydrogens is 208 g/mol. The SMILES string of the molecule is CC(=O)C1=C(CC=C(C)C)CC2=C1CCCC2. The van der Waals surface area contributed by atoms with E-state index in [-0.39, 0.29) is 5.78 Å². The van der Waals surface area contributed by atoms with Gasteiger partial charge >= 0.3 is 0 Å². The summed E-state index contributed by atoms with van der Waals surface area (Å²) in [6, 6.07) is 0. The number of Topliss-reactive ketones (excluding diaryl/α,β-unsaturated/α-hetero) is 1. The molecule has 2 rings (SSSR count). The van der Waals surface area contributed by atoms with Gasteiger partial charge < -0.3 is 0 Å². The van der Waals surface area contributed by atoms with Crippen molar-refractivity contribution >= 4 is 5.78 Å². The first kappa shape index (κ1) is 12.3. The van der Waals surface area contributed by atoms with Gasteiger partial charge in [-0.05, 0) is 64.9 Å². The van der Waals surface area contributed by atoms with Crippen LogP contribution in [-0.4, -0.2) is 5.78 Å². The Morgan fingerprint density at radius 1 is 1.18 bits per heavy atom. The van der Waals surface area contributed by atoms with Crippen molar-refractivity contribution in [3.63, 3.8) is 0 Å². The van der Waals surface area contributed by atoms with Crippen LogP contribution in [0.4, 0.5) is 0 Å². The summed E-state index contributed by atoms with van der Waals surface area (Å²) in [5.74, 6) is 0.272. The van der Waals surface area contributed by atoms with Crippen molar-refractivity contribution in [2.45, 2.75) is 59.3 Å². The Kier molecular flexibility index (Phi) is 3.66. The average Bonchev–Trinajstić information content (AvgIpc) is 2.64. The molecule has 0 N–H and O–H groups in total. The normalized spacial score (nSPS) is 19.5. The lowest BCUT2D eigenvalue weighted by atomic mass is 9.90. The molecule has 0 heterocycles. The summed E-state index contributed by atoms with van der Waals surface area (Å²) in [5, 5.41) is 0. The van der Waals surface area contributed by atoms with Crippen molar-refractivity contribution < 1.29 is 4.79 Å². The number of carbonyl (C=O) groups is 1. The smallest absolute Gasteiger partial charge is 0.160 e. The van der Waals surface area contributed by atoms with Gasteiger partial charge in [-0.3, -0.25) is 4.79 Å². The van der Waals surface area contributed by atoms with Crippen LogP contribution in [0.25, 0.3) is 0 Å². The Morgan fingerprint density at radius 2 is 1.88 bits per heavy atom. The van der Waals surface area contributed by atoms with Gasteiger partial charge in [0.2, 0.25) is 0 Å². The van der Waals surface area contributed by atoms with Crippen LogP contribution in [0.5, 0.6) is 0 Å². The highest BCUT2D eigenvalue weighted by Crippen LogP contribution is 2.42. The summed E-state index contributed by atoms with van der Waals surface area (Å²) >= 11 is 0. The molecule has 0 aromatic carbocycles. The molecule has 0 amide bonds. The summed E-state index contributed by atoms with van der Waals surface area (Å²) in [6.07, 6.45) is 9.17. The van der Waals surface area contributed by atoms with Crippen LogP contribution in [0.1, 0.15) is 59.3 Å². The molecular formula is C16H22O. The molecule has 0 saturated carbocycles. The highest BCUT2D eigenvalue weighted by atomic mass is 16.1. The van der Waals surface area contributed by atoms with E-state index in [0.29, 0.717) is 0 Å². The Labute approximate surface area is 104 Å². The van der Waals surface area contributed by atoms with Crippen molar-refractivity contribution in [1.29, 1.82) is 0 Å². The summed E-state index contributed by atoms with van der Waals surface area (Å²) in [7, 11) is 0. The molecule has 2 aliphatic carbocycles. The number of hydrogen-bond acceptors (Lipinski definition) is 1.